The third kappa shape index (κ3) is 3.69. The van der Waals surface area contributed by atoms with E-state index in [4.69, 9.17) is 11.5 Å². The maximum Gasteiger partial charge on any atom is 0.312 e. The Balaban J connectivity index is 2.43. The molecule has 0 aromatic carbocycles. The molecule has 0 bridgehead atoms. The summed E-state index contributed by atoms with van der Waals surface area (Å²) in [7, 11) is 0. The van der Waals surface area contributed by atoms with Crippen molar-refractivity contribution in [3.63, 3.8) is 0 Å². The number of rotatable bonds is 8. The van der Waals surface area contributed by atoms with Crippen LogP contribution in [0, 0.1) is 5.41 Å². The van der Waals surface area contributed by atoms with Crippen molar-refractivity contribution in [3.8, 4) is 0 Å². The molecule has 0 heterocycles. The molecule has 0 aromatic rings. The van der Waals surface area contributed by atoms with Gasteiger partial charge in [-0.3, -0.25) is 9.59 Å². The molecule has 1 atom stereocenters. The number of amides is 4. The van der Waals surface area contributed by atoms with Gasteiger partial charge in [0.05, 0.1) is 6.04 Å². The number of carbonyl (C=O) groups excluding carboxylic acids is 4. The summed E-state index contributed by atoms with van der Waals surface area (Å²) < 4.78 is 0. The quantitative estimate of drug-likeness (QED) is 0.251. The van der Waals surface area contributed by atoms with Gasteiger partial charge in [0.25, 0.3) is 0 Å². The summed E-state index contributed by atoms with van der Waals surface area (Å²) in [5.74, 6) is -1.14. The largest absolute Gasteiger partial charge is 0.369 e. The maximum atomic E-state index is 12.0. The van der Waals surface area contributed by atoms with Gasteiger partial charge in [0, 0.05) is 6.54 Å². The molecule has 4 amide bonds. The van der Waals surface area contributed by atoms with Crippen LogP contribution in [0.15, 0.2) is 0 Å². The van der Waals surface area contributed by atoms with Gasteiger partial charge in [-0.15, -0.1) is 0 Å². The van der Waals surface area contributed by atoms with E-state index in [0.29, 0.717) is 38.5 Å². The summed E-state index contributed by atoms with van der Waals surface area (Å²) in [5, 5.41) is 4.91. The lowest BCUT2D eigenvalue weighted by Gasteiger charge is -2.37. The topological polar surface area (TPSA) is 144 Å². The fraction of sp³-hybridized carbons (Fsp3) is 0.667. The van der Waals surface area contributed by atoms with E-state index in [1.54, 1.807) is 0 Å². The van der Waals surface area contributed by atoms with Crippen LogP contribution < -0.4 is 22.1 Å². The molecule has 1 saturated carbocycles. The first-order valence-corrected chi connectivity index (χ1v) is 6.52. The fourth-order valence-corrected chi connectivity index (χ4v) is 2.13. The van der Waals surface area contributed by atoms with E-state index in [1.807, 2.05) is 0 Å². The van der Waals surface area contributed by atoms with E-state index in [0.717, 1.165) is 6.42 Å². The second-order valence-corrected chi connectivity index (χ2v) is 4.95. The van der Waals surface area contributed by atoms with Crippen molar-refractivity contribution in [3.05, 3.63) is 0 Å². The summed E-state index contributed by atoms with van der Waals surface area (Å²) in [4.78, 5) is 44.8. The normalized spacial score (nSPS) is 17.4. The van der Waals surface area contributed by atoms with Gasteiger partial charge in [-0.2, -0.15) is 0 Å². The smallest absolute Gasteiger partial charge is 0.312 e. The number of nitrogens with one attached hydrogen (secondary N) is 2. The average Bonchev–Trinajstić information content (AvgIpc) is 2.30. The van der Waals surface area contributed by atoms with Gasteiger partial charge < -0.3 is 26.9 Å². The molecule has 1 aliphatic rings. The Kier molecular flexibility index (Phi) is 5.48. The summed E-state index contributed by atoms with van der Waals surface area (Å²) in [5.41, 5.74) is 8.99. The minimum Gasteiger partial charge on any atom is -0.369 e. The molecule has 1 fully saturated rings. The number of hydrogen-bond donors (Lipinski definition) is 4. The molecule has 8 heteroatoms. The standard InChI is InChI=1S/C12H20N4O4/c13-9(18)12(4-2-5-12)10(19)16-8(7-17)3-1-6-15-11(14)20/h7-8H,1-6H2,(H2,13,18)(H,16,19)(H3,14,15,20). The molecule has 0 saturated heterocycles. The highest BCUT2D eigenvalue weighted by Crippen LogP contribution is 2.40. The lowest BCUT2D eigenvalue weighted by molar-refractivity contribution is -0.148. The highest BCUT2D eigenvalue weighted by molar-refractivity contribution is 6.05. The second-order valence-electron chi connectivity index (χ2n) is 4.95. The highest BCUT2D eigenvalue weighted by atomic mass is 16.2. The molecular formula is C12H20N4O4. The molecular weight excluding hydrogens is 264 g/mol. The number of carbonyl (C=O) groups is 4. The lowest BCUT2D eigenvalue weighted by Crippen LogP contribution is -2.56. The predicted octanol–water partition coefficient (Wildman–Crippen LogP) is -1.23. The fourth-order valence-electron chi connectivity index (χ4n) is 2.13. The van der Waals surface area contributed by atoms with Crippen LogP contribution in [0.5, 0.6) is 0 Å². The molecule has 1 unspecified atom stereocenters. The Hall–Kier alpha value is -2.12. The molecule has 0 aliphatic heterocycles. The maximum absolute atomic E-state index is 12.0. The van der Waals surface area contributed by atoms with Crippen molar-refractivity contribution in [2.75, 3.05) is 6.54 Å². The van der Waals surface area contributed by atoms with Crippen molar-refractivity contribution in [2.45, 2.75) is 38.1 Å². The van der Waals surface area contributed by atoms with Gasteiger partial charge in [0.15, 0.2) is 0 Å². The SMILES string of the molecule is NC(=O)NCCCC(C=O)NC(=O)C1(C(N)=O)CCC1. The third-order valence-corrected chi connectivity index (χ3v) is 3.59. The van der Waals surface area contributed by atoms with Gasteiger partial charge in [0.2, 0.25) is 11.8 Å². The van der Waals surface area contributed by atoms with Crippen LogP contribution in [0.4, 0.5) is 4.79 Å². The first-order chi connectivity index (χ1) is 9.42. The average molecular weight is 284 g/mol. The van der Waals surface area contributed by atoms with E-state index in [-0.39, 0.29) is 0 Å². The van der Waals surface area contributed by atoms with Gasteiger partial charge >= 0.3 is 6.03 Å². The predicted molar refractivity (Wildman–Crippen MR) is 70.3 cm³/mol. The van der Waals surface area contributed by atoms with Gasteiger partial charge in [-0.05, 0) is 25.7 Å². The Labute approximate surface area is 116 Å². The molecule has 6 N–H and O–H groups in total. The minimum atomic E-state index is -1.16. The molecule has 0 aromatic heterocycles. The molecule has 0 radical (unpaired) electrons. The molecule has 0 spiro atoms. The van der Waals surface area contributed by atoms with Crippen molar-refractivity contribution in [1.82, 2.24) is 10.6 Å². The summed E-state index contributed by atoms with van der Waals surface area (Å²) in [6, 6.07) is -1.34. The molecule has 1 rings (SSSR count). The van der Waals surface area contributed by atoms with Crippen molar-refractivity contribution in [2.24, 2.45) is 16.9 Å². The Morgan fingerprint density at radius 2 is 1.90 bits per heavy atom. The monoisotopic (exact) mass is 284 g/mol. The van der Waals surface area contributed by atoms with E-state index in [1.165, 1.54) is 0 Å². The highest BCUT2D eigenvalue weighted by Gasteiger charge is 2.49. The molecule has 1 aliphatic carbocycles. The molecule has 20 heavy (non-hydrogen) atoms. The summed E-state index contributed by atoms with van der Waals surface area (Å²) in [6.45, 7) is 0.316. The molecule has 8 nitrogen and oxygen atoms in total. The minimum absolute atomic E-state index is 0.316. The van der Waals surface area contributed by atoms with Crippen LogP contribution in [-0.4, -0.2) is 36.7 Å². The summed E-state index contributed by atoms with van der Waals surface area (Å²) in [6.07, 6.45) is 3.05. The van der Waals surface area contributed by atoms with Crippen molar-refractivity contribution < 1.29 is 19.2 Å². The zero-order valence-corrected chi connectivity index (χ0v) is 11.2. The molecule has 112 valence electrons. The van der Waals surface area contributed by atoms with Gasteiger partial charge in [-0.25, -0.2) is 4.79 Å². The zero-order chi connectivity index (χ0) is 15.2. The number of urea groups is 1. The van der Waals surface area contributed by atoms with Crippen LogP contribution in [0.3, 0.4) is 0 Å². The lowest BCUT2D eigenvalue weighted by atomic mass is 9.67. The van der Waals surface area contributed by atoms with E-state index >= 15 is 0 Å². The first kappa shape index (κ1) is 15.9. The number of nitrogens with two attached hydrogens (primary N) is 2. The van der Waals surface area contributed by atoms with E-state index < -0.39 is 29.3 Å². The van der Waals surface area contributed by atoms with E-state index in [9.17, 15) is 19.2 Å². The van der Waals surface area contributed by atoms with Crippen LogP contribution in [0.25, 0.3) is 0 Å². The van der Waals surface area contributed by atoms with Crippen molar-refractivity contribution in [1.29, 1.82) is 0 Å². The summed E-state index contributed by atoms with van der Waals surface area (Å²) >= 11 is 0. The Bertz CT molecular complexity index is 406. The Morgan fingerprint density at radius 1 is 1.25 bits per heavy atom. The van der Waals surface area contributed by atoms with E-state index in [2.05, 4.69) is 10.6 Å². The first-order valence-electron chi connectivity index (χ1n) is 6.52. The van der Waals surface area contributed by atoms with Gasteiger partial charge in [0.1, 0.15) is 11.7 Å². The zero-order valence-electron chi connectivity index (χ0n) is 11.2. The third-order valence-electron chi connectivity index (χ3n) is 3.59. The number of primary amides is 2. The van der Waals surface area contributed by atoms with Crippen LogP contribution in [-0.2, 0) is 14.4 Å². The van der Waals surface area contributed by atoms with Gasteiger partial charge in [-0.1, -0.05) is 6.42 Å². The second kappa shape index (κ2) is 6.88. The number of hydrogen-bond acceptors (Lipinski definition) is 4. The van der Waals surface area contributed by atoms with Crippen LogP contribution >= 0.6 is 0 Å². The Morgan fingerprint density at radius 3 is 2.30 bits per heavy atom. The van der Waals surface area contributed by atoms with Crippen LogP contribution in [0.2, 0.25) is 0 Å². The van der Waals surface area contributed by atoms with Crippen LogP contribution in [0.1, 0.15) is 32.1 Å². The number of aldehydes is 1. The van der Waals surface area contributed by atoms with Crippen molar-refractivity contribution >= 4 is 24.1 Å².